The van der Waals surface area contributed by atoms with Crippen LogP contribution in [0.1, 0.15) is 68.1 Å². The molecule has 0 spiro atoms. The van der Waals surface area contributed by atoms with Gasteiger partial charge in [0.15, 0.2) is 0 Å². The lowest BCUT2D eigenvalue weighted by Gasteiger charge is -2.28. The summed E-state index contributed by atoms with van der Waals surface area (Å²) in [7, 11) is 0. The number of aliphatic hydroxyl groups is 1. The van der Waals surface area contributed by atoms with Crippen molar-refractivity contribution < 1.29 is 9.90 Å². The highest BCUT2D eigenvalue weighted by Gasteiger charge is 2.23. The summed E-state index contributed by atoms with van der Waals surface area (Å²) in [6, 6.07) is 3.61. The number of imidazole rings is 1. The summed E-state index contributed by atoms with van der Waals surface area (Å²) in [5, 5.41) is 16.3. The third-order valence-electron chi connectivity index (χ3n) is 5.21. The maximum Gasteiger partial charge on any atom is 0.252 e. The maximum absolute atomic E-state index is 12.3. The molecule has 28 heavy (non-hydrogen) atoms. The molecule has 1 aliphatic rings. The lowest BCUT2D eigenvalue weighted by molar-refractivity contribution is 0.0952. The number of carbonyl (C=O) groups is 1. The molecule has 2 aromatic rings. The van der Waals surface area contributed by atoms with Gasteiger partial charge >= 0.3 is 0 Å². The molecule has 1 fully saturated rings. The maximum atomic E-state index is 12.3. The molecule has 0 saturated heterocycles. The van der Waals surface area contributed by atoms with Crippen molar-refractivity contribution in [3.8, 4) is 0 Å². The minimum atomic E-state index is -0.328. The fourth-order valence-corrected chi connectivity index (χ4v) is 3.65. The Bertz CT molecular complexity index is 756. The molecule has 152 valence electrons. The normalized spacial score (nSPS) is 19.6. The average molecular weight is 386 g/mol. The molecule has 3 N–H and O–H groups in total. The molecule has 0 aromatic carbocycles. The molecule has 2 atom stereocenters. The van der Waals surface area contributed by atoms with Crippen LogP contribution in [0.3, 0.4) is 0 Å². The van der Waals surface area contributed by atoms with Crippen LogP contribution in [0.5, 0.6) is 0 Å². The molecule has 1 aliphatic carbocycles. The van der Waals surface area contributed by atoms with Gasteiger partial charge < -0.3 is 20.3 Å². The van der Waals surface area contributed by atoms with Gasteiger partial charge in [-0.05, 0) is 31.4 Å². The zero-order chi connectivity index (χ0) is 19.9. The Kier molecular flexibility index (Phi) is 7.03. The summed E-state index contributed by atoms with van der Waals surface area (Å²) in [6.45, 7) is 5.68. The van der Waals surface area contributed by atoms with Crippen LogP contribution in [0.25, 0.3) is 0 Å². The van der Waals surface area contributed by atoms with Gasteiger partial charge in [0.2, 0.25) is 0 Å². The number of nitrogens with zero attached hydrogens (tertiary/aromatic N) is 3. The third kappa shape index (κ3) is 5.32. The first kappa shape index (κ1) is 20.3. The summed E-state index contributed by atoms with van der Waals surface area (Å²) in [5.41, 5.74) is 0.542. The highest BCUT2D eigenvalue weighted by molar-refractivity contribution is 5.94. The Morgan fingerprint density at radius 2 is 2.11 bits per heavy atom. The predicted molar refractivity (Wildman–Crippen MR) is 109 cm³/mol. The second-order valence-electron chi connectivity index (χ2n) is 7.78. The standard InChI is InChI=1S/C21H31N5O2/c1-15(2)20-22-11-13-26(20)12-5-10-23-21(28)16-8-9-19(24-14-16)25-17-6-3-4-7-18(17)27/h8-9,11,13-15,17-18,27H,3-7,10,12H2,1-2H3,(H,23,28)(H,24,25)/t17-,18-/m0/s1. The number of carbonyl (C=O) groups excluding carboxylic acids is 1. The SMILES string of the molecule is CC(C)c1nccn1CCCNC(=O)c1ccc(N[C@H]2CCCC[C@@H]2O)nc1. The number of aliphatic hydroxyl groups excluding tert-OH is 1. The second kappa shape index (κ2) is 9.68. The largest absolute Gasteiger partial charge is 0.391 e. The number of nitrogens with one attached hydrogen (secondary N) is 2. The first-order valence-corrected chi connectivity index (χ1v) is 10.2. The molecule has 1 amide bonds. The average Bonchev–Trinajstić information content (AvgIpc) is 3.16. The van der Waals surface area contributed by atoms with E-state index in [-0.39, 0.29) is 18.1 Å². The van der Waals surface area contributed by atoms with E-state index < -0.39 is 0 Å². The number of aryl methyl sites for hydroxylation is 1. The van der Waals surface area contributed by atoms with Crippen molar-refractivity contribution >= 4 is 11.7 Å². The van der Waals surface area contributed by atoms with Gasteiger partial charge in [-0.25, -0.2) is 9.97 Å². The van der Waals surface area contributed by atoms with Crippen LogP contribution in [0.4, 0.5) is 5.82 Å². The van der Waals surface area contributed by atoms with Gasteiger partial charge in [-0.2, -0.15) is 0 Å². The molecule has 2 aromatic heterocycles. The molecule has 0 bridgehead atoms. The number of anilines is 1. The van der Waals surface area contributed by atoms with Gasteiger partial charge in [-0.1, -0.05) is 26.7 Å². The van der Waals surface area contributed by atoms with E-state index in [1.54, 1.807) is 18.3 Å². The number of pyridine rings is 1. The van der Waals surface area contributed by atoms with Crippen LogP contribution in [0, 0.1) is 0 Å². The van der Waals surface area contributed by atoms with E-state index in [1.165, 1.54) is 0 Å². The first-order chi connectivity index (χ1) is 13.5. The van der Waals surface area contributed by atoms with Crippen molar-refractivity contribution in [1.82, 2.24) is 19.9 Å². The number of rotatable bonds is 8. The quantitative estimate of drug-likeness (QED) is 0.608. The molecule has 0 aliphatic heterocycles. The monoisotopic (exact) mass is 385 g/mol. The zero-order valence-electron chi connectivity index (χ0n) is 16.8. The van der Waals surface area contributed by atoms with E-state index in [0.717, 1.165) is 44.5 Å². The predicted octanol–water partition coefficient (Wildman–Crippen LogP) is 2.94. The number of amides is 1. The van der Waals surface area contributed by atoms with Crippen LogP contribution in [-0.4, -0.2) is 44.2 Å². The minimum Gasteiger partial charge on any atom is -0.391 e. The molecule has 1 saturated carbocycles. The Morgan fingerprint density at radius 3 is 2.82 bits per heavy atom. The topological polar surface area (TPSA) is 92.1 Å². The lowest BCUT2D eigenvalue weighted by atomic mass is 9.92. The molecular weight excluding hydrogens is 354 g/mol. The van der Waals surface area contributed by atoms with E-state index in [1.807, 2.05) is 12.4 Å². The molecule has 2 heterocycles. The van der Waals surface area contributed by atoms with Crippen molar-refractivity contribution in [2.75, 3.05) is 11.9 Å². The fraction of sp³-hybridized carbons (Fsp3) is 0.571. The van der Waals surface area contributed by atoms with E-state index in [9.17, 15) is 9.90 Å². The van der Waals surface area contributed by atoms with Gasteiger partial charge in [-0.3, -0.25) is 4.79 Å². The summed E-state index contributed by atoms with van der Waals surface area (Å²) >= 11 is 0. The smallest absolute Gasteiger partial charge is 0.252 e. The molecule has 7 heteroatoms. The minimum absolute atomic E-state index is 0.0415. The van der Waals surface area contributed by atoms with Crippen LogP contribution in [0.2, 0.25) is 0 Å². The van der Waals surface area contributed by atoms with Crippen molar-refractivity contribution in [2.24, 2.45) is 0 Å². The highest BCUT2D eigenvalue weighted by atomic mass is 16.3. The first-order valence-electron chi connectivity index (χ1n) is 10.2. The van der Waals surface area contributed by atoms with Crippen LogP contribution in [-0.2, 0) is 6.54 Å². The Hall–Kier alpha value is -2.41. The number of hydrogen-bond donors (Lipinski definition) is 3. The lowest BCUT2D eigenvalue weighted by Crippen LogP contribution is -2.36. The molecule has 7 nitrogen and oxygen atoms in total. The van der Waals surface area contributed by atoms with Crippen molar-refractivity contribution in [3.05, 3.63) is 42.1 Å². The van der Waals surface area contributed by atoms with Gasteiger partial charge in [0.1, 0.15) is 11.6 Å². The van der Waals surface area contributed by atoms with Crippen LogP contribution in [0.15, 0.2) is 30.7 Å². The van der Waals surface area contributed by atoms with E-state index in [2.05, 4.69) is 39.0 Å². The van der Waals surface area contributed by atoms with E-state index >= 15 is 0 Å². The van der Waals surface area contributed by atoms with Gasteiger partial charge in [0.05, 0.1) is 17.7 Å². The summed E-state index contributed by atoms with van der Waals surface area (Å²) in [6.07, 6.45) is 9.87. The van der Waals surface area contributed by atoms with Gasteiger partial charge in [0.25, 0.3) is 5.91 Å². The zero-order valence-corrected chi connectivity index (χ0v) is 16.8. The fourth-order valence-electron chi connectivity index (χ4n) is 3.65. The van der Waals surface area contributed by atoms with Crippen molar-refractivity contribution in [1.29, 1.82) is 0 Å². The molecule has 0 radical (unpaired) electrons. The Labute approximate surface area is 166 Å². The summed E-state index contributed by atoms with van der Waals surface area (Å²) in [4.78, 5) is 21.0. The third-order valence-corrected chi connectivity index (χ3v) is 5.21. The molecular formula is C21H31N5O2. The van der Waals surface area contributed by atoms with Gasteiger partial charge in [0, 0.05) is 37.6 Å². The van der Waals surface area contributed by atoms with E-state index in [0.29, 0.717) is 23.8 Å². The second-order valence-corrected chi connectivity index (χ2v) is 7.78. The van der Waals surface area contributed by atoms with Crippen LogP contribution < -0.4 is 10.6 Å². The number of hydrogen-bond acceptors (Lipinski definition) is 5. The molecule has 0 unspecified atom stereocenters. The highest BCUT2D eigenvalue weighted by Crippen LogP contribution is 2.21. The Balaban J connectivity index is 1.43. The van der Waals surface area contributed by atoms with Crippen LogP contribution >= 0.6 is 0 Å². The molecule has 3 rings (SSSR count). The summed E-state index contributed by atoms with van der Waals surface area (Å²) in [5.74, 6) is 2.04. The van der Waals surface area contributed by atoms with E-state index in [4.69, 9.17) is 0 Å². The summed E-state index contributed by atoms with van der Waals surface area (Å²) < 4.78 is 2.14. The Morgan fingerprint density at radius 1 is 1.29 bits per heavy atom. The number of aromatic nitrogens is 3. The van der Waals surface area contributed by atoms with Crippen molar-refractivity contribution in [2.45, 2.75) is 70.6 Å². The van der Waals surface area contributed by atoms with Crippen molar-refractivity contribution in [3.63, 3.8) is 0 Å². The van der Waals surface area contributed by atoms with Gasteiger partial charge in [-0.15, -0.1) is 0 Å².